The molecule has 0 aromatic heterocycles. The van der Waals surface area contributed by atoms with Gasteiger partial charge in [-0.05, 0) is 40.2 Å². The van der Waals surface area contributed by atoms with E-state index in [1.165, 1.54) is 4.90 Å². The zero-order chi connectivity index (χ0) is 16.3. The van der Waals surface area contributed by atoms with E-state index in [4.69, 9.17) is 4.74 Å². The lowest BCUT2D eigenvalue weighted by Gasteiger charge is -2.34. The van der Waals surface area contributed by atoms with Crippen molar-refractivity contribution in [3.05, 3.63) is 0 Å². The molecule has 2 saturated heterocycles. The van der Waals surface area contributed by atoms with Crippen LogP contribution in [0.15, 0.2) is 0 Å². The Labute approximate surface area is 131 Å². The van der Waals surface area contributed by atoms with Crippen LogP contribution in [0.4, 0.5) is 4.79 Å². The van der Waals surface area contributed by atoms with Crippen molar-refractivity contribution in [3.8, 4) is 0 Å². The Hall–Kier alpha value is -1.63. The Kier molecular flexibility index (Phi) is 5.05. The fraction of sp³-hybridized carbons (Fsp3) is 0.800. The molecular weight excluding hydrogens is 286 g/mol. The lowest BCUT2D eigenvalue weighted by molar-refractivity contribution is -0.150. The summed E-state index contributed by atoms with van der Waals surface area (Å²) >= 11 is 0. The molecule has 0 unspecified atom stereocenters. The minimum Gasteiger partial charge on any atom is -0.465 e. The zero-order valence-electron chi connectivity index (χ0n) is 13.6. The van der Waals surface area contributed by atoms with Crippen LogP contribution in [0, 0.1) is 0 Å². The minimum absolute atomic E-state index is 0.209. The maximum atomic E-state index is 12.2. The first-order valence-corrected chi connectivity index (χ1v) is 7.91. The molecule has 0 saturated carbocycles. The number of amides is 3. The summed E-state index contributed by atoms with van der Waals surface area (Å²) in [6, 6.07) is -0.623. The molecule has 2 fully saturated rings. The van der Waals surface area contributed by atoms with E-state index in [-0.39, 0.29) is 23.9 Å². The van der Waals surface area contributed by atoms with Crippen LogP contribution in [0.1, 0.15) is 40.0 Å². The highest BCUT2D eigenvalue weighted by molar-refractivity contribution is 6.06. The van der Waals surface area contributed by atoms with Crippen molar-refractivity contribution in [2.24, 2.45) is 0 Å². The number of urea groups is 1. The van der Waals surface area contributed by atoms with Crippen LogP contribution in [0.2, 0.25) is 0 Å². The molecule has 2 rings (SSSR count). The molecule has 2 aliphatic heterocycles. The third-order valence-electron chi connectivity index (χ3n) is 4.23. The minimum atomic E-state index is -0.848. The number of nitrogens with zero attached hydrogens (tertiary/aromatic N) is 2. The molecule has 0 spiro atoms. The van der Waals surface area contributed by atoms with E-state index < -0.39 is 5.54 Å². The average molecular weight is 311 g/mol. The molecule has 22 heavy (non-hydrogen) atoms. The van der Waals surface area contributed by atoms with E-state index in [1.54, 1.807) is 20.8 Å². The largest absolute Gasteiger partial charge is 0.465 e. The Balaban J connectivity index is 1.95. The highest BCUT2D eigenvalue weighted by atomic mass is 16.5. The van der Waals surface area contributed by atoms with E-state index in [0.29, 0.717) is 19.7 Å². The van der Waals surface area contributed by atoms with Crippen molar-refractivity contribution in [2.75, 3.05) is 26.2 Å². The van der Waals surface area contributed by atoms with Crippen molar-refractivity contribution in [3.63, 3.8) is 0 Å². The van der Waals surface area contributed by atoms with Crippen molar-refractivity contribution in [2.45, 2.75) is 51.6 Å². The number of hydrogen-bond acceptors (Lipinski definition) is 5. The van der Waals surface area contributed by atoms with E-state index in [2.05, 4.69) is 5.32 Å². The van der Waals surface area contributed by atoms with Gasteiger partial charge >= 0.3 is 12.0 Å². The van der Waals surface area contributed by atoms with Crippen molar-refractivity contribution in [1.29, 1.82) is 0 Å². The summed E-state index contributed by atoms with van der Waals surface area (Å²) in [5, 5.41) is 2.66. The van der Waals surface area contributed by atoms with Crippen LogP contribution in [0.3, 0.4) is 0 Å². The van der Waals surface area contributed by atoms with Gasteiger partial charge in [0.25, 0.3) is 5.91 Å². The van der Waals surface area contributed by atoms with Gasteiger partial charge in [-0.15, -0.1) is 0 Å². The van der Waals surface area contributed by atoms with Gasteiger partial charge in [0.2, 0.25) is 0 Å². The maximum absolute atomic E-state index is 12.2. The molecule has 1 atom stereocenters. The third kappa shape index (κ3) is 3.40. The number of ether oxygens (including phenoxy) is 1. The predicted molar refractivity (Wildman–Crippen MR) is 80.2 cm³/mol. The highest BCUT2D eigenvalue weighted by Crippen LogP contribution is 2.20. The monoisotopic (exact) mass is 311 g/mol. The molecule has 3 amide bonds. The number of piperidine rings is 1. The molecule has 0 aromatic carbocycles. The molecule has 0 aromatic rings. The maximum Gasteiger partial charge on any atom is 0.325 e. The van der Waals surface area contributed by atoms with E-state index >= 15 is 0 Å². The quantitative estimate of drug-likeness (QED) is 0.598. The first-order chi connectivity index (χ1) is 10.4. The van der Waals surface area contributed by atoms with Crippen molar-refractivity contribution < 1.29 is 19.1 Å². The summed E-state index contributed by atoms with van der Waals surface area (Å²) in [6.07, 6.45) is 2.78. The SMILES string of the molecule is CCOC(=O)[C@@H]1CCCCN1CCN1C(=O)NC(C)(C)C1=O. The van der Waals surface area contributed by atoms with Gasteiger partial charge in [0.15, 0.2) is 0 Å². The first kappa shape index (κ1) is 16.7. The van der Waals surface area contributed by atoms with Crippen LogP contribution < -0.4 is 5.32 Å². The lowest BCUT2D eigenvalue weighted by Crippen LogP contribution is -2.49. The molecule has 7 heteroatoms. The summed E-state index contributed by atoms with van der Waals surface area (Å²) < 4.78 is 5.12. The van der Waals surface area contributed by atoms with Crippen LogP contribution >= 0.6 is 0 Å². The Morgan fingerprint density at radius 3 is 2.64 bits per heavy atom. The predicted octanol–water partition coefficient (Wildman–Crippen LogP) is 0.734. The summed E-state index contributed by atoms with van der Waals surface area (Å²) in [5.74, 6) is -0.429. The second-order valence-electron chi connectivity index (χ2n) is 6.31. The fourth-order valence-corrected chi connectivity index (χ4v) is 3.01. The van der Waals surface area contributed by atoms with Gasteiger partial charge in [0.1, 0.15) is 11.6 Å². The second kappa shape index (κ2) is 6.64. The van der Waals surface area contributed by atoms with E-state index in [1.807, 2.05) is 4.90 Å². The van der Waals surface area contributed by atoms with Gasteiger partial charge < -0.3 is 10.1 Å². The number of rotatable bonds is 5. The van der Waals surface area contributed by atoms with Crippen LogP contribution in [0.25, 0.3) is 0 Å². The van der Waals surface area contributed by atoms with E-state index in [9.17, 15) is 14.4 Å². The van der Waals surface area contributed by atoms with E-state index in [0.717, 1.165) is 25.8 Å². The van der Waals surface area contributed by atoms with Crippen LogP contribution in [0.5, 0.6) is 0 Å². The molecule has 7 nitrogen and oxygen atoms in total. The topological polar surface area (TPSA) is 79.0 Å². The van der Waals surface area contributed by atoms with Gasteiger partial charge in [-0.2, -0.15) is 0 Å². The lowest BCUT2D eigenvalue weighted by atomic mass is 10.0. The Morgan fingerprint density at radius 1 is 1.32 bits per heavy atom. The molecule has 0 aliphatic carbocycles. The number of imide groups is 1. The molecule has 0 bridgehead atoms. The van der Waals surface area contributed by atoms with Gasteiger partial charge in [-0.3, -0.25) is 19.4 Å². The smallest absolute Gasteiger partial charge is 0.325 e. The number of nitrogens with one attached hydrogen (secondary N) is 1. The molecule has 124 valence electrons. The molecule has 0 radical (unpaired) electrons. The zero-order valence-corrected chi connectivity index (χ0v) is 13.6. The number of hydrogen-bond donors (Lipinski definition) is 1. The van der Waals surface area contributed by atoms with Gasteiger partial charge in [-0.1, -0.05) is 6.42 Å². The van der Waals surface area contributed by atoms with Gasteiger partial charge in [-0.25, -0.2) is 4.79 Å². The number of esters is 1. The summed E-state index contributed by atoms with van der Waals surface area (Å²) in [7, 11) is 0. The van der Waals surface area contributed by atoms with Crippen molar-refractivity contribution in [1.82, 2.24) is 15.1 Å². The summed E-state index contributed by atoms with van der Waals surface area (Å²) in [5.41, 5.74) is -0.848. The second-order valence-corrected chi connectivity index (χ2v) is 6.31. The fourth-order valence-electron chi connectivity index (χ4n) is 3.01. The van der Waals surface area contributed by atoms with Crippen molar-refractivity contribution >= 4 is 17.9 Å². The number of likely N-dealkylation sites (tertiary alicyclic amines) is 1. The summed E-state index contributed by atoms with van der Waals surface area (Å²) in [4.78, 5) is 39.3. The van der Waals surface area contributed by atoms with Gasteiger partial charge in [0, 0.05) is 13.1 Å². The standard InChI is InChI=1S/C15H25N3O4/c1-4-22-12(19)11-7-5-6-8-17(11)9-10-18-13(20)15(2,3)16-14(18)21/h11H,4-10H2,1-3H3,(H,16,21)/t11-/m0/s1. The number of carbonyl (C=O) groups is 3. The molecule has 1 N–H and O–H groups in total. The normalized spacial score (nSPS) is 25.2. The molecular formula is C15H25N3O4. The summed E-state index contributed by atoms with van der Waals surface area (Å²) in [6.45, 7) is 7.12. The molecule has 2 heterocycles. The van der Waals surface area contributed by atoms with Crippen LogP contribution in [-0.4, -0.2) is 65.5 Å². The average Bonchev–Trinajstić information content (AvgIpc) is 2.66. The third-order valence-corrected chi connectivity index (χ3v) is 4.23. The van der Waals surface area contributed by atoms with Gasteiger partial charge in [0.05, 0.1) is 6.61 Å². The molecule has 2 aliphatic rings. The van der Waals surface area contributed by atoms with Crippen LogP contribution in [-0.2, 0) is 14.3 Å². The number of carbonyl (C=O) groups excluding carboxylic acids is 3. The first-order valence-electron chi connectivity index (χ1n) is 7.91. The highest BCUT2D eigenvalue weighted by Gasteiger charge is 2.44. The Morgan fingerprint density at radius 2 is 2.05 bits per heavy atom. The Bertz CT molecular complexity index is 464.